The van der Waals surface area contributed by atoms with E-state index in [1.54, 1.807) is 70.1 Å². The van der Waals surface area contributed by atoms with Gasteiger partial charge in [-0.3, -0.25) is 29.0 Å². The summed E-state index contributed by atoms with van der Waals surface area (Å²) in [5, 5.41) is 58.8. The van der Waals surface area contributed by atoms with E-state index in [9.17, 15) is 54.3 Å². The van der Waals surface area contributed by atoms with Crippen LogP contribution in [0.15, 0.2) is 58.9 Å². The summed E-state index contributed by atoms with van der Waals surface area (Å²) in [6.45, 7) is 3.65. The number of aliphatic hydroxyl groups is 3. The quantitative estimate of drug-likeness (QED) is 0.104. The Bertz CT molecular complexity index is 2150. The van der Waals surface area contributed by atoms with E-state index in [2.05, 4.69) is 5.32 Å². The lowest BCUT2D eigenvalue weighted by molar-refractivity contribution is -0.153. The number of aliphatic carboxylic acids is 1. The molecule has 57 heavy (non-hydrogen) atoms. The Kier molecular flexibility index (Phi) is 11.3. The molecule has 0 unspecified atom stereocenters. The molecule has 0 aromatic heterocycles. The molecular weight excluding hydrogens is 742 g/mol. The summed E-state index contributed by atoms with van der Waals surface area (Å²) in [6, 6.07) is 8.76. The molecule has 1 fully saturated rings. The minimum Gasteiger partial charge on any atom is -0.508 e. The largest absolute Gasteiger partial charge is 0.508 e. The van der Waals surface area contributed by atoms with Gasteiger partial charge in [-0.2, -0.15) is 0 Å². The number of anilines is 2. The minimum atomic E-state index is -2.83. The number of carboxylic acids is 1. The van der Waals surface area contributed by atoms with Gasteiger partial charge in [0.15, 0.2) is 11.4 Å². The Hall–Kier alpha value is -6.20. The number of benzene rings is 2. The van der Waals surface area contributed by atoms with E-state index in [1.165, 1.54) is 31.1 Å². The molecule has 17 heteroatoms. The number of phenols is 1. The molecule has 2 aromatic carbocycles. The predicted molar refractivity (Wildman–Crippen MR) is 207 cm³/mol. The number of primary amides is 1. The van der Waals surface area contributed by atoms with Gasteiger partial charge in [0.1, 0.15) is 36.0 Å². The van der Waals surface area contributed by atoms with Crippen LogP contribution in [0.5, 0.6) is 5.75 Å². The Balaban J connectivity index is 1.49. The number of ketones is 2. The third-order valence-electron chi connectivity index (χ3n) is 10.6. The fourth-order valence-corrected chi connectivity index (χ4v) is 7.83. The van der Waals surface area contributed by atoms with Crippen LogP contribution < -0.4 is 16.0 Å². The molecule has 17 nitrogen and oxygen atoms in total. The maximum Gasteiger partial charge on any atom is 0.411 e. The number of hydrogen-bond acceptors (Lipinski definition) is 13. The van der Waals surface area contributed by atoms with E-state index in [0.29, 0.717) is 16.8 Å². The maximum atomic E-state index is 14.3. The molecule has 0 radical (unpaired) electrons. The zero-order valence-electron chi connectivity index (χ0n) is 32.6. The molecule has 3 aliphatic carbocycles. The van der Waals surface area contributed by atoms with Crippen molar-refractivity contribution in [2.45, 2.75) is 50.8 Å². The molecule has 304 valence electrons. The number of hydrogen-bond donors (Lipinski definition) is 7. The highest BCUT2D eigenvalue weighted by atomic mass is 16.6. The highest BCUT2D eigenvalue weighted by molar-refractivity contribution is 6.24. The number of fused-ring (bicyclic) bond motifs is 3. The van der Waals surface area contributed by atoms with Gasteiger partial charge in [-0.1, -0.05) is 30.3 Å². The van der Waals surface area contributed by atoms with Crippen LogP contribution in [-0.4, -0.2) is 129 Å². The van der Waals surface area contributed by atoms with Crippen molar-refractivity contribution < 1.29 is 59.0 Å². The summed E-state index contributed by atoms with van der Waals surface area (Å²) >= 11 is 0. The number of nitrogens with two attached hydrogens (primary N) is 1. The molecule has 0 heterocycles. The first-order valence-electron chi connectivity index (χ1n) is 18.0. The summed E-state index contributed by atoms with van der Waals surface area (Å²) in [4.78, 5) is 83.0. The third-order valence-corrected chi connectivity index (χ3v) is 10.6. The Morgan fingerprint density at radius 3 is 2.21 bits per heavy atom. The van der Waals surface area contributed by atoms with Crippen LogP contribution in [0.2, 0.25) is 0 Å². The number of amides is 3. The molecule has 0 spiro atoms. The minimum absolute atomic E-state index is 0.0184. The predicted octanol–water partition coefficient (Wildman–Crippen LogP) is 2.37. The number of aliphatic hydroxyl groups excluding tert-OH is 2. The number of nitrogens with zero attached hydrogens (tertiary/aromatic N) is 3. The Morgan fingerprint density at radius 2 is 1.67 bits per heavy atom. The van der Waals surface area contributed by atoms with Crippen molar-refractivity contribution in [3.8, 4) is 5.75 Å². The SMILES string of the molecule is CN(C)c1cc(NC(=O)CN(C(=O)OCC(=Cc2ccccc2)C(=O)O)C(C)(C)C)c(O)c2c1C[C@H]1C[C@H]3[C@H](N(C)C)C(=O)C(C(N)=O)=C(O)[C@@]3(O)C(=O)C1=C2O. The highest BCUT2D eigenvalue weighted by Crippen LogP contribution is 2.54. The zero-order valence-corrected chi connectivity index (χ0v) is 32.6. The van der Waals surface area contributed by atoms with E-state index >= 15 is 0 Å². The second kappa shape index (κ2) is 15.4. The van der Waals surface area contributed by atoms with Crippen molar-refractivity contribution in [2.24, 2.45) is 17.6 Å². The number of rotatable bonds is 10. The van der Waals surface area contributed by atoms with Gasteiger partial charge in [-0.05, 0) is 76.9 Å². The number of carbonyl (C=O) groups excluding carboxylic acids is 5. The summed E-state index contributed by atoms with van der Waals surface area (Å²) in [6.07, 6.45) is 0.267. The van der Waals surface area contributed by atoms with Crippen molar-refractivity contribution in [1.29, 1.82) is 0 Å². The van der Waals surface area contributed by atoms with Gasteiger partial charge in [0, 0.05) is 36.8 Å². The Labute approximate surface area is 328 Å². The van der Waals surface area contributed by atoms with Crippen LogP contribution >= 0.6 is 0 Å². The number of nitrogens with one attached hydrogen (secondary N) is 1. The molecule has 2 aromatic rings. The van der Waals surface area contributed by atoms with Gasteiger partial charge in [-0.25, -0.2) is 9.59 Å². The summed E-state index contributed by atoms with van der Waals surface area (Å²) in [5.74, 6) is -10.2. The second-order valence-corrected chi connectivity index (χ2v) is 15.7. The lowest BCUT2D eigenvalue weighted by Gasteiger charge is -2.50. The standard InChI is InChI=1S/C40H47N5O12/c1-39(2,3)45(38(55)57-18-21(37(53)54)13-19-11-9-8-10-12-19)17-26(46)42-24-16-25(43(4)5)22-14-20-15-23-30(44(6)7)33(49)29(36(41)52)35(51)40(23,56)34(50)27(20)32(48)28(22)31(24)47/h8-13,16,20,23,30,47-48,51,56H,14-15,17-18H2,1-7H3,(H2,41,52)(H,42,46)(H,53,54)/t20-,23-,30-,40-/m0/s1. The molecule has 1 saturated carbocycles. The molecule has 5 rings (SSSR count). The number of carboxylic acid groups (broad SMARTS) is 1. The van der Waals surface area contributed by atoms with Gasteiger partial charge in [-0.15, -0.1) is 0 Å². The van der Waals surface area contributed by atoms with Crippen molar-refractivity contribution in [1.82, 2.24) is 9.80 Å². The van der Waals surface area contributed by atoms with Crippen LogP contribution in [0, 0.1) is 11.8 Å². The van der Waals surface area contributed by atoms with Gasteiger partial charge in [0.25, 0.3) is 5.91 Å². The monoisotopic (exact) mass is 789 g/mol. The molecule has 0 saturated heterocycles. The summed E-state index contributed by atoms with van der Waals surface area (Å²) in [5.41, 5.74) is 0.943. The highest BCUT2D eigenvalue weighted by Gasteiger charge is 2.64. The number of phenolic OH excluding ortho intramolecular Hbond substituents is 1. The maximum absolute atomic E-state index is 14.3. The van der Waals surface area contributed by atoms with E-state index < -0.39 is 100 Å². The first kappa shape index (κ1) is 42.0. The molecule has 4 atom stereocenters. The van der Waals surface area contributed by atoms with Gasteiger partial charge >= 0.3 is 12.1 Å². The van der Waals surface area contributed by atoms with Crippen molar-refractivity contribution in [2.75, 3.05) is 51.6 Å². The van der Waals surface area contributed by atoms with Crippen molar-refractivity contribution in [3.63, 3.8) is 0 Å². The number of Topliss-reactive ketones (excluding diaryl/α,β-unsaturated/α-hetero) is 2. The summed E-state index contributed by atoms with van der Waals surface area (Å²) in [7, 11) is 6.36. The lowest BCUT2D eigenvalue weighted by atomic mass is 9.57. The number of carbonyl (C=O) groups is 6. The lowest BCUT2D eigenvalue weighted by Crippen LogP contribution is -2.65. The Morgan fingerprint density at radius 1 is 1.04 bits per heavy atom. The molecular formula is C40H47N5O12. The number of likely N-dealkylation sites (N-methyl/N-ethyl adjacent to an activating group) is 1. The molecule has 0 bridgehead atoms. The van der Waals surface area contributed by atoms with Gasteiger partial charge < -0.3 is 46.2 Å². The van der Waals surface area contributed by atoms with Crippen molar-refractivity contribution in [3.05, 3.63) is 75.6 Å². The van der Waals surface area contributed by atoms with E-state index in [4.69, 9.17) is 10.5 Å². The molecule has 3 amide bonds. The van der Waals surface area contributed by atoms with Crippen LogP contribution in [0.3, 0.4) is 0 Å². The fourth-order valence-electron chi connectivity index (χ4n) is 7.83. The van der Waals surface area contributed by atoms with E-state index in [-0.39, 0.29) is 35.2 Å². The number of aromatic hydroxyl groups is 1. The zero-order chi connectivity index (χ0) is 42.5. The molecule has 3 aliphatic rings. The molecule has 8 N–H and O–H groups in total. The van der Waals surface area contributed by atoms with E-state index in [1.807, 2.05) is 0 Å². The van der Waals surface area contributed by atoms with E-state index in [0.717, 1.165) is 4.90 Å². The first-order valence-corrected chi connectivity index (χ1v) is 18.0. The topological polar surface area (TPSA) is 261 Å². The van der Waals surface area contributed by atoms with Gasteiger partial charge in [0.05, 0.1) is 22.9 Å². The number of ether oxygens (including phenoxy) is 1. The van der Waals surface area contributed by atoms with Crippen LogP contribution in [0.4, 0.5) is 16.2 Å². The summed E-state index contributed by atoms with van der Waals surface area (Å²) < 4.78 is 5.34. The molecule has 0 aliphatic heterocycles. The fraction of sp³-hybridized carbons (Fsp3) is 0.400. The second-order valence-electron chi connectivity index (χ2n) is 15.7. The van der Waals surface area contributed by atoms with Crippen LogP contribution in [-0.2, 0) is 35.1 Å². The normalized spacial score (nSPS) is 22.1. The van der Waals surface area contributed by atoms with Crippen LogP contribution in [0.25, 0.3) is 11.8 Å². The average molecular weight is 790 g/mol. The smallest absolute Gasteiger partial charge is 0.411 e. The van der Waals surface area contributed by atoms with Crippen molar-refractivity contribution >= 4 is 58.7 Å². The van der Waals surface area contributed by atoms with Crippen LogP contribution in [0.1, 0.15) is 43.9 Å². The third kappa shape index (κ3) is 7.55. The van der Waals surface area contributed by atoms with Gasteiger partial charge in [0.2, 0.25) is 11.7 Å². The average Bonchev–Trinajstić information content (AvgIpc) is 3.11. The first-order chi connectivity index (χ1) is 26.5.